The van der Waals surface area contributed by atoms with Crippen molar-refractivity contribution in [1.29, 1.82) is 0 Å². The first kappa shape index (κ1) is 15.4. The van der Waals surface area contributed by atoms with Crippen molar-refractivity contribution >= 4 is 0 Å². The fraction of sp³-hybridized carbons (Fsp3) is 0.333. The Labute approximate surface area is 116 Å². The van der Waals surface area contributed by atoms with Crippen LogP contribution in [0.2, 0.25) is 0 Å². The number of aromatic nitrogens is 2. The number of benzene rings is 1. The third kappa shape index (κ3) is 3.18. The first-order chi connectivity index (χ1) is 9.84. The van der Waals surface area contributed by atoms with Gasteiger partial charge in [0.25, 0.3) is 0 Å². The van der Waals surface area contributed by atoms with Crippen molar-refractivity contribution in [1.82, 2.24) is 15.5 Å². The Bertz CT molecular complexity index is 638. The van der Waals surface area contributed by atoms with Crippen molar-refractivity contribution in [3.63, 3.8) is 0 Å². The van der Waals surface area contributed by atoms with Gasteiger partial charge in [0.2, 0.25) is 5.82 Å². The Kier molecular flexibility index (Phi) is 4.21. The maximum absolute atomic E-state index is 13.9. The molecule has 0 spiro atoms. The Morgan fingerprint density at radius 2 is 1.90 bits per heavy atom. The van der Waals surface area contributed by atoms with Crippen LogP contribution in [0, 0.1) is 11.6 Å². The van der Waals surface area contributed by atoms with Crippen LogP contribution in [0.15, 0.2) is 16.7 Å². The minimum Gasteiger partial charge on any atom is -0.329 e. The van der Waals surface area contributed by atoms with Crippen LogP contribution in [0.4, 0.5) is 22.0 Å². The first-order valence-electron chi connectivity index (χ1n) is 5.93. The molecule has 114 valence electrons. The highest BCUT2D eigenvalue weighted by atomic mass is 19.4. The van der Waals surface area contributed by atoms with Crippen molar-refractivity contribution in [2.45, 2.75) is 19.6 Å². The molecule has 0 fully saturated rings. The molecule has 0 aliphatic carbocycles. The summed E-state index contributed by atoms with van der Waals surface area (Å²) in [5.74, 6) is -4.76. The van der Waals surface area contributed by atoms with Gasteiger partial charge in [-0.15, -0.1) is 0 Å². The molecule has 0 saturated carbocycles. The molecular weight excluding hydrogens is 297 g/mol. The Hall–Kier alpha value is -2.03. The van der Waals surface area contributed by atoms with E-state index in [4.69, 9.17) is 0 Å². The molecular formula is C12H10F5N3O. The van der Waals surface area contributed by atoms with Crippen molar-refractivity contribution < 1.29 is 26.5 Å². The summed E-state index contributed by atoms with van der Waals surface area (Å²) in [7, 11) is 0. The van der Waals surface area contributed by atoms with Crippen LogP contribution in [0.1, 0.15) is 18.4 Å². The monoisotopic (exact) mass is 307 g/mol. The highest BCUT2D eigenvalue weighted by Crippen LogP contribution is 2.30. The Balaban J connectivity index is 2.37. The van der Waals surface area contributed by atoms with E-state index < -0.39 is 35.1 Å². The fourth-order valence-corrected chi connectivity index (χ4v) is 1.61. The zero-order valence-electron chi connectivity index (χ0n) is 10.8. The molecule has 0 radical (unpaired) electrons. The van der Waals surface area contributed by atoms with Crippen LogP contribution in [0.5, 0.6) is 0 Å². The molecule has 2 aromatic rings. The van der Waals surface area contributed by atoms with Gasteiger partial charge in [-0.1, -0.05) is 18.1 Å². The first-order valence-corrected chi connectivity index (χ1v) is 5.93. The van der Waals surface area contributed by atoms with Gasteiger partial charge in [-0.2, -0.15) is 18.2 Å². The summed E-state index contributed by atoms with van der Waals surface area (Å²) in [6, 6.07) is 2.36. The summed E-state index contributed by atoms with van der Waals surface area (Å²) < 4.78 is 68.6. The number of halogens is 5. The molecule has 0 amide bonds. The summed E-state index contributed by atoms with van der Waals surface area (Å²) >= 11 is 0. The highest BCUT2D eigenvalue weighted by Gasteiger charge is 2.38. The van der Waals surface area contributed by atoms with Gasteiger partial charge >= 0.3 is 12.1 Å². The van der Waals surface area contributed by atoms with Gasteiger partial charge in [0.1, 0.15) is 0 Å². The van der Waals surface area contributed by atoms with Crippen molar-refractivity contribution in [2.75, 3.05) is 6.54 Å². The normalized spacial score (nSPS) is 11.9. The van der Waals surface area contributed by atoms with Crippen LogP contribution >= 0.6 is 0 Å². The van der Waals surface area contributed by atoms with Gasteiger partial charge in [-0.3, -0.25) is 0 Å². The van der Waals surface area contributed by atoms with Crippen LogP contribution in [0.25, 0.3) is 11.4 Å². The van der Waals surface area contributed by atoms with Gasteiger partial charge in [-0.05, 0) is 12.6 Å². The molecule has 0 atom stereocenters. The second-order valence-corrected chi connectivity index (χ2v) is 4.10. The summed E-state index contributed by atoms with van der Waals surface area (Å²) in [5.41, 5.74) is -0.440. The van der Waals surface area contributed by atoms with Crippen molar-refractivity contribution in [3.05, 3.63) is 35.2 Å². The van der Waals surface area contributed by atoms with E-state index >= 15 is 0 Å². The molecule has 0 bridgehead atoms. The molecule has 4 nitrogen and oxygen atoms in total. The van der Waals surface area contributed by atoms with E-state index in [1.807, 2.05) is 0 Å². The zero-order valence-corrected chi connectivity index (χ0v) is 10.8. The van der Waals surface area contributed by atoms with Crippen LogP contribution in [-0.4, -0.2) is 16.7 Å². The second kappa shape index (κ2) is 5.76. The average molecular weight is 307 g/mol. The number of hydrogen-bond acceptors (Lipinski definition) is 4. The summed E-state index contributed by atoms with van der Waals surface area (Å²) in [4.78, 5) is 3.02. The number of nitrogens with zero attached hydrogens (tertiary/aromatic N) is 2. The molecule has 1 aromatic heterocycles. The molecule has 9 heteroatoms. The molecule has 0 aliphatic rings. The van der Waals surface area contributed by atoms with E-state index in [0.29, 0.717) is 6.54 Å². The standard InChI is InChI=1S/C12H10F5N3O/c1-2-18-5-6-3-4-7(9(14)8(6)13)10-19-11(21-20-10)12(15,16)17/h3-4,18H,2,5H2,1H3. The molecule has 1 aromatic carbocycles. The summed E-state index contributed by atoms with van der Waals surface area (Å²) in [5, 5.41) is 5.83. The number of alkyl halides is 3. The second-order valence-electron chi connectivity index (χ2n) is 4.10. The lowest BCUT2D eigenvalue weighted by Crippen LogP contribution is -2.13. The number of hydrogen-bond donors (Lipinski definition) is 1. The van der Waals surface area contributed by atoms with E-state index in [9.17, 15) is 22.0 Å². The van der Waals surface area contributed by atoms with Crippen molar-refractivity contribution in [2.24, 2.45) is 0 Å². The lowest BCUT2D eigenvalue weighted by atomic mass is 10.1. The molecule has 0 saturated heterocycles. The molecule has 0 aliphatic heterocycles. The maximum atomic E-state index is 13.9. The van der Waals surface area contributed by atoms with E-state index in [1.54, 1.807) is 6.92 Å². The predicted molar refractivity (Wildman–Crippen MR) is 62.0 cm³/mol. The predicted octanol–water partition coefficient (Wildman–Crippen LogP) is 3.14. The van der Waals surface area contributed by atoms with Gasteiger partial charge in [0.15, 0.2) is 11.6 Å². The highest BCUT2D eigenvalue weighted by molar-refractivity contribution is 5.56. The van der Waals surface area contributed by atoms with Crippen LogP contribution in [-0.2, 0) is 12.7 Å². The SMILES string of the molecule is CCNCc1ccc(-c2noc(C(F)(F)F)n2)c(F)c1F. The third-order valence-corrected chi connectivity index (χ3v) is 2.64. The summed E-state index contributed by atoms with van der Waals surface area (Å²) in [6.07, 6.45) is -4.84. The smallest absolute Gasteiger partial charge is 0.329 e. The van der Waals surface area contributed by atoms with E-state index in [1.165, 1.54) is 6.07 Å². The van der Waals surface area contributed by atoms with Gasteiger partial charge in [0.05, 0.1) is 5.56 Å². The van der Waals surface area contributed by atoms with Crippen LogP contribution in [0.3, 0.4) is 0 Å². The quantitative estimate of drug-likeness (QED) is 0.882. The van der Waals surface area contributed by atoms with E-state index in [2.05, 4.69) is 20.0 Å². The Morgan fingerprint density at radius 3 is 2.48 bits per heavy atom. The minimum absolute atomic E-state index is 0.0534. The average Bonchev–Trinajstić information content (AvgIpc) is 2.90. The van der Waals surface area contributed by atoms with Gasteiger partial charge in [-0.25, -0.2) is 8.78 Å². The topological polar surface area (TPSA) is 51.0 Å². The van der Waals surface area contributed by atoms with E-state index in [0.717, 1.165) is 6.07 Å². The molecule has 1 N–H and O–H groups in total. The molecule has 2 rings (SSSR count). The number of rotatable bonds is 4. The van der Waals surface area contributed by atoms with Crippen molar-refractivity contribution in [3.8, 4) is 11.4 Å². The van der Waals surface area contributed by atoms with Gasteiger partial charge in [0, 0.05) is 12.1 Å². The van der Waals surface area contributed by atoms with Gasteiger partial charge < -0.3 is 9.84 Å². The fourth-order valence-electron chi connectivity index (χ4n) is 1.61. The molecule has 21 heavy (non-hydrogen) atoms. The Morgan fingerprint density at radius 1 is 1.19 bits per heavy atom. The lowest BCUT2D eigenvalue weighted by molar-refractivity contribution is -0.159. The lowest BCUT2D eigenvalue weighted by Gasteiger charge is -2.06. The number of nitrogens with one attached hydrogen (secondary N) is 1. The summed E-state index contributed by atoms with van der Waals surface area (Å²) in [6.45, 7) is 2.45. The van der Waals surface area contributed by atoms with Crippen LogP contribution < -0.4 is 5.32 Å². The maximum Gasteiger partial charge on any atom is 0.471 e. The van der Waals surface area contributed by atoms with E-state index in [-0.39, 0.29) is 12.1 Å². The molecule has 0 unspecified atom stereocenters. The zero-order chi connectivity index (χ0) is 15.6. The minimum atomic E-state index is -4.84. The largest absolute Gasteiger partial charge is 0.471 e. The molecule has 1 heterocycles. The third-order valence-electron chi connectivity index (χ3n) is 2.64.